The van der Waals surface area contributed by atoms with Gasteiger partial charge in [0.25, 0.3) is 0 Å². The Morgan fingerprint density at radius 1 is 1.32 bits per heavy atom. The molecule has 0 saturated heterocycles. The van der Waals surface area contributed by atoms with Crippen LogP contribution in [-0.2, 0) is 10.0 Å². The zero-order valence-corrected chi connectivity index (χ0v) is 13.8. The second kappa shape index (κ2) is 7.08. The van der Waals surface area contributed by atoms with Crippen LogP contribution in [0.15, 0.2) is 33.7 Å². The van der Waals surface area contributed by atoms with Crippen molar-refractivity contribution in [1.29, 1.82) is 0 Å². The van der Waals surface area contributed by atoms with Crippen LogP contribution in [0, 0.1) is 0 Å². The van der Waals surface area contributed by atoms with Crippen LogP contribution in [0.5, 0.6) is 0 Å². The minimum absolute atomic E-state index is 0.125. The first-order valence-corrected chi connectivity index (χ1v) is 8.57. The standard InChI is InChI=1S/C13H17ClN4O3S/c1-9(2)12-17-13(21-18-12)15-6-7-16-22(19,20)11-5-3-4-10(14)8-11/h3-5,8-9,16H,6-7H2,1-2H3,(H,15,17,18). The van der Waals surface area contributed by atoms with E-state index in [4.69, 9.17) is 16.1 Å². The van der Waals surface area contributed by atoms with Crippen molar-refractivity contribution in [3.63, 3.8) is 0 Å². The van der Waals surface area contributed by atoms with Crippen LogP contribution < -0.4 is 10.0 Å². The largest absolute Gasteiger partial charge is 0.336 e. The topological polar surface area (TPSA) is 97.1 Å². The van der Waals surface area contributed by atoms with E-state index in [1.54, 1.807) is 12.1 Å². The highest BCUT2D eigenvalue weighted by atomic mass is 35.5. The van der Waals surface area contributed by atoms with Gasteiger partial charge in [-0.3, -0.25) is 0 Å². The van der Waals surface area contributed by atoms with Gasteiger partial charge in [-0.05, 0) is 18.2 Å². The molecule has 0 aliphatic carbocycles. The third-order valence-corrected chi connectivity index (χ3v) is 4.45. The summed E-state index contributed by atoms with van der Waals surface area (Å²) in [5, 5.41) is 7.03. The fourth-order valence-electron chi connectivity index (χ4n) is 1.61. The summed E-state index contributed by atoms with van der Waals surface area (Å²) >= 11 is 5.79. The highest BCUT2D eigenvalue weighted by molar-refractivity contribution is 7.89. The lowest BCUT2D eigenvalue weighted by Gasteiger charge is -2.07. The van der Waals surface area contributed by atoms with Crippen molar-refractivity contribution in [3.05, 3.63) is 35.1 Å². The summed E-state index contributed by atoms with van der Waals surface area (Å²) in [7, 11) is -3.59. The molecule has 9 heteroatoms. The number of sulfonamides is 1. The number of halogens is 1. The van der Waals surface area contributed by atoms with Crippen molar-refractivity contribution in [1.82, 2.24) is 14.9 Å². The predicted octanol–water partition coefficient (Wildman–Crippen LogP) is 2.24. The first-order chi connectivity index (χ1) is 10.4. The van der Waals surface area contributed by atoms with Crippen molar-refractivity contribution in [3.8, 4) is 0 Å². The Balaban J connectivity index is 1.85. The maximum atomic E-state index is 12.0. The van der Waals surface area contributed by atoms with E-state index < -0.39 is 10.0 Å². The van der Waals surface area contributed by atoms with Gasteiger partial charge in [0.2, 0.25) is 10.0 Å². The van der Waals surface area contributed by atoms with E-state index in [-0.39, 0.29) is 23.4 Å². The molecule has 0 amide bonds. The highest BCUT2D eigenvalue weighted by Crippen LogP contribution is 2.15. The first-order valence-electron chi connectivity index (χ1n) is 6.71. The molecule has 0 radical (unpaired) electrons. The number of nitrogens with one attached hydrogen (secondary N) is 2. The molecule has 2 aromatic rings. The molecule has 0 unspecified atom stereocenters. The van der Waals surface area contributed by atoms with E-state index >= 15 is 0 Å². The lowest BCUT2D eigenvalue weighted by atomic mass is 10.2. The summed E-state index contributed by atoms with van der Waals surface area (Å²) in [6, 6.07) is 6.34. The minimum atomic E-state index is -3.59. The molecular weight excluding hydrogens is 328 g/mol. The Kier molecular flexibility index (Phi) is 5.38. The number of rotatable bonds is 7. The summed E-state index contributed by atoms with van der Waals surface area (Å²) in [6.45, 7) is 4.40. The van der Waals surface area contributed by atoms with Gasteiger partial charge in [0.05, 0.1) is 4.90 Å². The van der Waals surface area contributed by atoms with Crippen LogP contribution in [-0.4, -0.2) is 31.6 Å². The van der Waals surface area contributed by atoms with Crippen molar-refractivity contribution in [2.24, 2.45) is 0 Å². The van der Waals surface area contributed by atoms with Gasteiger partial charge in [-0.2, -0.15) is 4.98 Å². The maximum Gasteiger partial charge on any atom is 0.321 e. The number of nitrogens with zero attached hydrogens (tertiary/aromatic N) is 2. The lowest BCUT2D eigenvalue weighted by molar-refractivity contribution is 0.419. The molecule has 0 aliphatic rings. The average Bonchev–Trinajstić information content (AvgIpc) is 2.93. The van der Waals surface area contributed by atoms with Crippen LogP contribution in [0.3, 0.4) is 0 Å². The van der Waals surface area contributed by atoms with Gasteiger partial charge in [0.15, 0.2) is 5.82 Å². The number of aromatic nitrogens is 2. The molecule has 0 atom stereocenters. The lowest BCUT2D eigenvalue weighted by Crippen LogP contribution is -2.29. The molecule has 0 bridgehead atoms. The summed E-state index contributed by atoms with van der Waals surface area (Å²) < 4.78 is 31.5. The Morgan fingerprint density at radius 3 is 2.73 bits per heavy atom. The number of benzene rings is 1. The molecule has 1 aromatic carbocycles. The molecule has 7 nitrogen and oxygen atoms in total. The van der Waals surface area contributed by atoms with E-state index in [9.17, 15) is 8.42 Å². The molecule has 0 aliphatic heterocycles. The Hall–Kier alpha value is -1.64. The summed E-state index contributed by atoms with van der Waals surface area (Å²) in [6.07, 6.45) is 0. The van der Waals surface area contributed by atoms with Crippen molar-refractivity contribution >= 4 is 27.6 Å². The smallest absolute Gasteiger partial charge is 0.321 e. The molecule has 2 N–H and O–H groups in total. The Morgan fingerprint density at radius 2 is 2.09 bits per heavy atom. The molecule has 0 spiro atoms. The Labute approximate surface area is 134 Å². The summed E-state index contributed by atoms with van der Waals surface area (Å²) in [5.41, 5.74) is 0. The maximum absolute atomic E-state index is 12.0. The van der Waals surface area contributed by atoms with Gasteiger partial charge in [-0.1, -0.05) is 36.7 Å². The number of anilines is 1. The van der Waals surface area contributed by atoms with Crippen LogP contribution in [0.2, 0.25) is 5.02 Å². The van der Waals surface area contributed by atoms with Gasteiger partial charge in [0.1, 0.15) is 0 Å². The molecule has 0 fully saturated rings. The molecule has 22 heavy (non-hydrogen) atoms. The van der Waals surface area contributed by atoms with Crippen molar-refractivity contribution < 1.29 is 12.9 Å². The van der Waals surface area contributed by atoms with Crippen LogP contribution >= 0.6 is 11.6 Å². The monoisotopic (exact) mass is 344 g/mol. The highest BCUT2D eigenvalue weighted by Gasteiger charge is 2.14. The third-order valence-electron chi connectivity index (χ3n) is 2.76. The molecule has 2 rings (SSSR count). The molecular formula is C13H17ClN4O3S. The third kappa shape index (κ3) is 4.43. The van der Waals surface area contributed by atoms with Gasteiger partial charge in [0, 0.05) is 24.0 Å². The Bertz CT molecular complexity index is 730. The molecule has 120 valence electrons. The van der Waals surface area contributed by atoms with Gasteiger partial charge in [-0.15, -0.1) is 0 Å². The second-order valence-corrected chi connectivity index (χ2v) is 7.10. The second-order valence-electron chi connectivity index (χ2n) is 4.89. The quantitative estimate of drug-likeness (QED) is 0.747. The van der Waals surface area contributed by atoms with E-state index in [2.05, 4.69) is 20.2 Å². The minimum Gasteiger partial charge on any atom is -0.336 e. The van der Waals surface area contributed by atoms with E-state index in [1.165, 1.54) is 12.1 Å². The first kappa shape index (κ1) is 16.7. The fourth-order valence-corrected chi connectivity index (χ4v) is 2.95. The molecule has 1 aromatic heterocycles. The SMILES string of the molecule is CC(C)c1noc(NCCNS(=O)(=O)c2cccc(Cl)c2)n1. The van der Waals surface area contributed by atoms with Crippen molar-refractivity contribution in [2.75, 3.05) is 18.4 Å². The number of hydrogen-bond acceptors (Lipinski definition) is 6. The number of hydrogen-bond donors (Lipinski definition) is 2. The van der Waals surface area contributed by atoms with Crippen molar-refractivity contribution in [2.45, 2.75) is 24.7 Å². The van der Waals surface area contributed by atoms with Crippen LogP contribution in [0.4, 0.5) is 6.01 Å². The van der Waals surface area contributed by atoms with E-state index in [0.717, 1.165) is 0 Å². The van der Waals surface area contributed by atoms with E-state index in [1.807, 2.05) is 13.8 Å². The van der Waals surface area contributed by atoms with E-state index in [0.29, 0.717) is 17.4 Å². The van der Waals surface area contributed by atoms with Crippen LogP contribution in [0.25, 0.3) is 0 Å². The molecule has 0 saturated carbocycles. The zero-order chi connectivity index (χ0) is 16.2. The average molecular weight is 345 g/mol. The molecule has 1 heterocycles. The predicted molar refractivity (Wildman–Crippen MR) is 83.5 cm³/mol. The zero-order valence-electron chi connectivity index (χ0n) is 12.2. The van der Waals surface area contributed by atoms with Gasteiger partial charge >= 0.3 is 6.01 Å². The van der Waals surface area contributed by atoms with Gasteiger partial charge in [-0.25, -0.2) is 13.1 Å². The summed E-state index contributed by atoms with van der Waals surface area (Å²) in [5.74, 6) is 0.766. The normalized spacial score (nSPS) is 11.8. The fraction of sp³-hybridized carbons (Fsp3) is 0.385. The van der Waals surface area contributed by atoms with Gasteiger partial charge < -0.3 is 9.84 Å². The van der Waals surface area contributed by atoms with Crippen LogP contribution in [0.1, 0.15) is 25.6 Å². The summed E-state index contributed by atoms with van der Waals surface area (Å²) in [4.78, 5) is 4.25.